The highest BCUT2D eigenvalue weighted by Crippen LogP contribution is 2.31. The number of aromatic nitrogens is 3. The third-order valence-electron chi connectivity index (χ3n) is 6.63. The lowest BCUT2D eigenvalue weighted by atomic mass is 10.0. The van der Waals surface area contributed by atoms with E-state index in [1.165, 1.54) is 0 Å². The van der Waals surface area contributed by atoms with Crippen LogP contribution in [0.15, 0.2) is 77.7 Å². The summed E-state index contributed by atoms with van der Waals surface area (Å²) in [4.78, 5) is 25.0. The highest BCUT2D eigenvalue weighted by molar-refractivity contribution is 5.32. The van der Waals surface area contributed by atoms with Gasteiger partial charge in [0, 0.05) is 37.8 Å². The second-order valence-corrected chi connectivity index (χ2v) is 9.09. The fourth-order valence-electron chi connectivity index (χ4n) is 4.82. The first kappa shape index (κ1) is 24.8. The summed E-state index contributed by atoms with van der Waals surface area (Å²) in [5.74, 6) is -0.357. The van der Waals surface area contributed by atoms with Crippen LogP contribution in [0.3, 0.4) is 0 Å². The van der Waals surface area contributed by atoms with E-state index in [9.17, 15) is 22.4 Å². The predicted molar refractivity (Wildman–Crippen MR) is 130 cm³/mol. The number of aryl methyl sites for hydroxylation is 1. The monoisotopic (exact) mass is 508 g/mol. The second kappa shape index (κ2) is 9.89. The van der Waals surface area contributed by atoms with Gasteiger partial charge in [-0.1, -0.05) is 42.5 Å². The van der Waals surface area contributed by atoms with Crippen LogP contribution in [-0.2, 0) is 25.7 Å². The van der Waals surface area contributed by atoms with Crippen LogP contribution in [-0.4, -0.2) is 26.0 Å². The van der Waals surface area contributed by atoms with Crippen LogP contribution in [0, 0.1) is 12.7 Å². The van der Waals surface area contributed by atoms with E-state index in [1.807, 2.05) is 53.4 Å². The summed E-state index contributed by atoms with van der Waals surface area (Å²) < 4.78 is 54.9. The first-order valence-corrected chi connectivity index (χ1v) is 11.9. The van der Waals surface area contributed by atoms with Crippen LogP contribution in [0.5, 0.6) is 0 Å². The third-order valence-corrected chi connectivity index (χ3v) is 6.63. The van der Waals surface area contributed by atoms with E-state index in [1.54, 1.807) is 17.7 Å². The summed E-state index contributed by atoms with van der Waals surface area (Å²) in [5.41, 5.74) is 1.68. The highest BCUT2D eigenvalue weighted by atomic mass is 19.4. The molecule has 1 unspecified atom stereocenters. The van der Waals surface area contributed by atoms with Gasteiger partial charge in [-0.25, -0.2) is 9.37 Å². The molecule has 0 radical (unpaired) electrons. The van der Waals surface area contributed by atoms with Crippen molar-refractivity contribution in [1.82, 2.24) is 19.4 Å². The van der Waals surface area contributed by atoms with Crippen molar-refractivity contribution >= 4 is 0 Å². The Hall–Kier alpha value is -3.85. The SMILES string of the molecule is Cc1nc2c(c(=O)n1C(c1ccccc1)c1ccccn1)CN(Cc1ccc(C(F)(F)F)cc1F)CC2. The zero-order valence-corrected chi connectivity index (χ0v) is 20.0. The molecule has 190 valence electrons. The van der Waals surface area contributed by atoms with Crippen molar-refractivity contribution in [1.29, 1.82) is 0 Å². The standard InChI is InChI=1S/C28H24F4N4O/c1-18-34-24-12-14-35(16-20-10-11-21(15-23(20)29)28(30,31)32)17-22(24)27(37)36(18)26(19-7-3-2-4-8-19)25-9-5-6-13-33-25/h2-11,13,15,26H,12,14,16-17H2,1H3. The molecule has 1 aliphatic heterocycles. The zero-order valence-electron chi connectivity index (χ0n) is 20.0. The second-order valence-electron chi connectivity index (χ2n) is 9.09. The Morgan fingerprint density at radius 1 is 1.03 bits per heavy atom. The molecular weight excluding hydrogens is 484 g/mol. The van der Waals surface area contributed by atoms with Crippen molar-refractivity contribution in [3.63, 3.8) is 0 Å². The molecule has 1 aliphatic rings. The van der Waals surface area contributed by atoms with Crippen LogP contribution >= 0.6 is 0 Å². The lowest BCUT2D eigenvalue weighted by molar-refractivity contribution is -0.137. The molecule has 2 aromatic carbocycles. The highest BCUT2D eigenvalue weighted by Gasteiger charge is 2.32. The Bertz CT molecular complexity index is 1430. The average molecular weight is 509 g/mol. The smallest absolute Gasteiger partial charge is 0.294 e. The third kappa shape index (κ3) is 5.04. The molecule has 2 aromatic heterocycles. The van der Waals surface area contributed by atoms with Crippen molar-refractivity contribution in [2.24, 2.45) is 0 Å². The Morgan fingerprint density at radius 3 is 2.46 bits per heavy atom. The van der Waals surface area contributed by atoms with Gasteiger partial charge in [0.15, 0.2) is 0 Å². The predicted octanol–water partition coefficient (Wildman–Crippen LogP) is 5.30. The van der Waals surface area contributed by atoms with E-state index in [-0.39, 0.29) is 24.2 Å². The largest absolute Gasteiger partial charge is 0.416 e. The Kier molecular flexibility index (Phi) is 6.64. The van der Waals surface area contributed by atoms with E-state index >= 15 is 0 Å². The summed E-state index contributed by atoms with van der Waals surface area (Å²) >= 11 is 0. The van der Waals surface area contributed by atoms with E-state index in [4.69, 9.17) is 4.98 Å². The number of hydrogen-bond donors (Lipinski definition) is 0. The molecule has 4 aromatic rings. The van der Waals surface area contributed by atoms with Crippen LogP contribution in [0.4, 0.5) is 17.6 Å². The summed E-state index contributed by atoms with van der Waals surface area (Å²) in [5, 5.41) is 0. The molecule has 0 bridgehead atoms. The summed E-state index contributed by atoms with van der Waals surface area (Å²) in [6, 6.07) is 17.2. The van der Waals surface area contributed by atoms with Crippen molar-refractivity contribution in [2.75, 3.05) is 6.54 Å². The fourth-order valence-corrected chi connectivity index (χ4v) is 4.82. The van der Waals surface area contributed by atoms with Gasteiger partial charge in [0.25, 0.3) is 5.56 Å². The number of fused-ring (bicyclic) bond motifs is 1. The van der Waals surface area contributed by atoms with Gasteiger partial charge in [-0.2, -0.15) is 13.2 Å². The number of halogens is 4. The zero-order chi connectivity index (χ0) is 26.2. The van der Waals surface area contributed by atoms with E-state index in [2.05, 4.69) is 4.98 Å². The lowest BCUT2D eigenvalue weighted by Gasteiger charge is -2.30. The lowest BCUT2D eigenvalue weighted by Crippen LogP contribution is -2.40. The number of pyridine rings is 1. The topological polar surface area (TPSA) is 51.0 Å². The minimum absolute atomic E-state index is 0.0824. The number of hydrogen-bond acceptors (Lipinski definition) is 4. The first-order chi connectivity index (χ1) is 17.7. The molecule has 0 amide bonds. The molecular formula is C28H24F4N4O. The van der Waals surface area contributed by atoms with Gasteiger partial charge in [-0.3, -0.25) is 19.2 Å². The first-order valence-electron chi connectivity index (χ1n) is 11.9. The molecule has 0 N–H and O–H groups in total. The molecule has 9 heteroatoms. The number of benzene rings is 2. The molecule has 0 aliphatic carbocycles. The molecule has 37 heavy (non-hydrogen) atoms. The Morgan fingerprint density at radius 2 is 1.78 bits per heavy atom. The van der Waals surface area contributed by atoms with Gasteiger partial charge in [0.2, 0.25) is 0 Å². The molecule has 0 saturated heterocycles. The minimum atomic E-state index is -4.61. The Labute approximate surface area is 211 Å². The van der Waals surface area contributed by atoms with Crippen LogP contribution in [0.2, 0.25) is 0 Å². The van der Waals surface area contributed by atoms with E-state index < -0.39 is 23.6 Å². The molecule has 5 rings (SSSR count). The molecule has 1 atom stereocenters. The number of rotatable bonds is 5. The Balaban J connectivity index is 1.50. The van der Waals surface area contributed by atoms with E-state index in [0.717, 1.165) is 17.7 Å². The average Bonchev–Trinajstić information content (AvgIpc) is 2.88. The van der Waals surface area contributed by atoms with Crippen molar-refractivity contribution in [2.45, 2.75) is 38.7 Å². The van der Waals surface area contributed by atoms with Gasteiger partial charge >= 0.3 is 6.18 Å². The van der Waals surface area contributed by atoms with Gasteiger partial charge < -0.3 is 0 Å². The maximum absolute atomic E-state index is 14.5. The van der Waals surface area contributed by atoms with Crippen molar-refractivity contribution in [3.05, 3.63) is 129 Å². The number of nitrogens with zero attached hydrogens (tertiary/aromatic N) is 4. The minimum Gasteiger partial charge on any atom is -0.294 e. The van der Waals surface area contributed by atoms with Crippen molar-refractivity contribution < 1.29 is 17.6 Å². The van der Waals surface area contributed by atoms with Gasteiger partial charge in [-0.15, -0.1) is 0 Å². The molecule has 5 nitrogen and oxygen atoms in total. The van der Waals surface area contributed by atoms with Crippen LogP contribution in [0.1, 0.15) is 45.5 Å². The number of alkyl halides is 3. The molecule has 0 spiro atoms. The summed E-state index contributed by atoms with van der Waals surface area (Å²) in [7, 11) is 0. The summed E-state index contributed by atoms with van der Waals surface area (Å²) in [6.07, 6.45) is -2.45. The fraction of sp³-hybridized carbons (Fsp3) is 0.250. The van der Waals surface area contributed by atoms with Gasteiger partial charge in [0.05, 0.1) is 22.5 Å². The maximum Gasteiger partial charge on any atom is 0.416 e. The van der Waals surface area contributed by atoms with Crippen molar-refractivity contribution in [3.8, 4) is 0 Å². The van der Waals surface area contributed by atoms with Crippen LogP contribution in [0.25, 0.3) is 0 Å². The quantitative estimate of drug-likeness (QED) is 0.344. The molecule has 0 saturated carbocycles. The van der Waals surface area contributed by atoms with Gasteiger partial charge in [0.1, 0.15) is 17.7 Å². The maximum atomic E-state index is 14.5. The van der Waals surface area contributed by atoms with Gasteiger partial charge in [-0.05, 0) is 36.8 Å². The van der Waals surface area contributed by atoms with Crippen LogP contribution < -0.4 is 5.56 Å². The molecule has 3 heterocycles. The van der Waals surface area contributed by atoms with E-state index in [0.29, 0.717) is 41.8 Å². The molecule has 0 fully saturated rings. The normalized spacial score (nSPS) is 14.8. The summed E-state index contributed by atoms with van der Waals surface area (Å²) in [6.45, 7) is 2.60.